The Hall–Kier alpha value is -2.19. The molecule has 3 N–H and O–H groups in total. The molecule has 8 heteroatoms. The fraction of sp³-hybridized carbons (Fsp3) is 0.231. The minimum Gasteiger partial charge on any atom is -0.422 e. The van der Waals surface area contributed by atoms with E-state index < -0.39 is 21.6 Å². The van der Waals surface area contributed by atoms with Crippen molar-refractivity contribution in [1.82, 2.24) is 5.32 Å². The Labute approximate surface area is 120 Å². The van der Waals surface area contributed by atoms with Crippen molar-refractivity contribution >= 4 is 26.9 Å². The van der Waals surface area contributed by atoms with Gasteiger partial charge in [0.15, 0.2) is 0 Å². The summed E-state index contributed by atoms with van der Waals surface area (Å²) < 4.78 is 26.5. The smallest absolute Gasteiger partial charge is 0.349 e. The van der Waals surface area contributed by atoms with Crippen LogP contribution >= 0.6 is 0 Å². The summed E-state index contributed by atoms with van der Waals surface area (Å²) in [6, 6.07) is 8.27. The van der Waals surface area contributed by atoms with Crippen LogP contribution < -0.4 is 16.1 Å². The van der Waals surface area contributed by atoms with Gasteiger partial charge in [-0.25, -0.2) is 18.4 Å². The second-order valence-corrected chi connectivity index (χ2v) is 6.20. The predicted molar refractivity (Wildman–Crippen MR) is 77.4 cm³/mol. The first-order chi connectivity index (χ1) is 9.87. The Balaban J connectivity index is 2.09. The molecule has 0 spiro atoms. The van der Waals surface area contributed by atoms with Gasteiger partial charge in [-0.1, -0.05) is 18.2 Å². The lowest BCUT2D eigenvalue weighted by atomic mass is 10.2. The number of para-hydroxylation sites is 1. The van der Waals surface area contributed by atoms with Crippen LogP contribution in [0.5, 0.6) is 0 Å². The third-order valence-electron chi connectivity index (χ3n) is 2.78. The maximum atomic E-state index is 11.9. The molecule has 1 amide bonds. The lowest BCUT2D eigenvalue weighted by Gasteiger charge is -2.04. The lowest BCUT2D eigenvalue weighted by molar-refractivity contribution is 0.0950. The molecule has 0 unspecified atom stereocenters. The second kappa shape index (κ2) is 6.06. The number of amides is 1. The Bertz CT molecular complexity index is 826. The summed E-state index contributed by atoms with van der Waals surface area (Å²) in [4.78, 5) is 23.6. The molecule has 2 aromatic rings. The van der Waals surface area contributed by atoms with Crippen LogP contribution in [0.15, 0.2) is 39.5 Å². The van der Waals surface area contributed by atoms with Crippen molar-refractivity contribution in [2.75, 3.05) is 12.3 Å². The number of fused-ring (bicyclic) bond motifs is 1. The highest BCUT2D eigenvalue weighted by molar-refractivity contribution is 7.89. The first-order valence-electron chi connectivity index (χ1n) is 6.18. The third-order valence-corrected chi connectivity index (χ3v) is 3.63. The van der Waals surface area contributed by atoms with Gasteiger partial charge in [-0.2, -0.15) is 0 Å². The second-order valence-electron chi connectivity index (χ2n) is 4.46. The molecular weight excluding hydrogens is 296 g/mol. The monoisotopic (exact) mass is 310 g/mol. The molecule has 0 bridgehead atoms. The average Bonchev–Trinajstić information content (AvgIpc) is 2.41. The van der Waals surface area contributed by atoms with Crippen LogP contribution in [0.3, 0.4) is 0 Å². The fourth-order valence-electron chi connectivity index (χ4n) is 1.79. The number of sulfonamides is 1. The summed E-state index contributed by atoms with van der Waals surface area (Å²) in [5, 5.41) is 7.93. The SMILES string of the molecule is NS(=O)(=O)CCCNC(=O)c1cc2ccccc2oc1=O. The number of benzene rings is 1. The largest absolute Gasteiger partial charge is 0.422 e. The molecule has 0 fully saturated rings. The summed E-state index contributed by atoms with van der Waals surface area (Å²) in [6.45, 7) is 0.0987. The molecule has 2 rings (SSSR count). The Kier molecular flexibility index (Phi) is 4.39. The van der Waals surface area contributed by atoms with Crippen molar-refractivity contribution in [3.63, 3.8) is 0 Å². The molecule has 1 aromatic carbocycles. The zero-order valence-corrected chi connectivity index (χ0v) is 11.9. The van der Waals surface area contributed by atoms with Crippen molar-refractivity contribution < 1.29 is 17.6 Å². The molecule has 0 radical (unpaired) electrons. The third kappa shape index (κ3) is 4.14. The van der Waals surface area contributed by atoms with E-state index in [0.29, 0.717) is 11.0 Å². The number of hydrogen-bond acceptors (Lipinski definition) is 5. The van der Waals surface area contributed by atoms with E-state index in [0.717, 1.165) is 0 Å². The number of carbonyl (C=O) groups excluding carboxylic acids is 1. The van der Waals surface area contributed by atoms with Crippen LogP contribution in [0.4, 0.5) is 0 Å². The molecule has 112 valence electrons. The van der Waals surface area contributed by atoms with Crippen molar-refractivity contribution in [2.45, 2.75) is 6.42 Å². The molecule has 1 heterocycles. The molecular formula is C13H14N2O5S. The molecule has 0 aliphatic heterocycles. The van der Waals surface area contributed by atoms with Crippen molar-refractivity contribution in [1.29, 1.82) is 0 Å². The van der Waals surface area contributed by atoms with E-state index in [2.05, 4.69) is 5.32 Å². The van der Waals surface area contributed by atoms with E-state index in [-0.39, 0.29) is 24.3 Å². The quantitative estimate of drug-likeness (QED) is 0.604. The maximum absolute atomic E-state index is 11.9. The van der Waals surface area contributed by atoms with E-state index in [4.69, 9.17) is 9.56 Å². The number of hydrogen-bond donors (Lipinski definition) is 2. The van der Waals surface area contributed by atoms with E-state index >= 15 is 0 Å². The normalized spacial score (nSPS) is 11.5. The van der Waals surface area contributed by atoms with Gasteiger partial charge in [0.05, 0.1) is 5.75 Å². The molecule has 1 aromatic heterocycles. The van der Waals surface area contributed by atoms with Gasteiger partial charge < -0.3 is 9.73 Å². The van der Waals surface area contributed by atoms with Crippen LogP contribution in [0.1, 0.15) is 16.8 Å². The molecule has 0 aliphatic carbocycles. The van der Waals surface area contributed by atoms with Crippen LogP contribution in [0.25, 0.3) is 11.0 Å². The molecule has 21 heavy (non-hydrogen) atoms. The number of primary sulfonamides is 1. The first-order valence-corrected chi connectivity index (χ1v) is 7.90. The number of rotatable bonds is 5. The highest BCUT2D eigenvalue weighted by atomic mass is 32.2. The topological polar surface area (TPSA) is 119 Å². The van der Waals surface area contributed by atoms with Gasteiger partial charge in [0.1, 0.15) is 11.1 Å². The number of nitrogens with one attached hydrogen (secondary N) is 1. The average molecular weight is 310 g/mol. The molecule has 0 aliphatic rings. The van der Waals surface area contributed by atoms with Crippen molar-refractivity contribution in [2.24, 2.45) is 5.14 Å². The number of nitrogens with two attached hydrogens (primary N) is 1. The van der Waals surface area contributed by atoms with Crippen LogP contribution in [-0.2, 0) is 10.0 Å². The predicted octanol–water partition coefficient (Wildman–Crippen LogP) is 0.201. The molecule has 0 saturated heterocycles. The van der Waals surface area contributed by atoms with E-state index in [1.165, 1.54) is 6.07 Å². The lowest BCUT2D eigenvalue weighted by Crippen LogP contribution is -2.30. The zero-order chi connectivity index (χ0) is 15.5. The molecule has 0 saturated carbocycles. The summed E-state index contributed by atoms with van der Waals surface area (Å²) in [6.07, 6.45) is 0.170. The van der Waals surface area contributed by atoms with E-state index in [9.17, 15) is 18.0 Å². The van der Waals surface area contributed by atoms with Crippen LogP contribution in [-0.4, -0.2) is 26.6 Å². The van der Waals surface area contributed by atoms with Gasteiger partial charge in [0.2, 0.25) is 10.0 Å². The highest BCUT2D eigenvalue weighted by Gasteiger charge is 2.13. The summed E-state index contributed by atoms with van der Waals surface area (Å²) >= 11 is 0. The summed E-state index contributed by atoms with van der Waals surface area (Å²) in [5.41, 5.74) is -0.463. The Morgan fingerprint density at radius 2 is 2.00 bits per heavy atom. The minimum absolute atomic E-state index is 0.0987. The van der Waals surface area contributed by atoms with Gasteiger partial charge in [0.25, 0.3) is 5.91 Å². The maximum Gasteiger partial charge on any atom is 0.349 e. The van der Waals surface area contributed by atoms with Gasteiger partial charge in [-0.15, -0.1) is 0 Å². The zero-order valence-electron chi connectivity index (χ0n) is 11.0. The summed E-state index contributed by atoms with van der Waals surface area (Å²) in [5.74, 6) is -0.844. The minimum atomic E-state index is -3.56. The summed E-state index contributed by atoms with van der Waals surface area (Å²) in [7, 11) is -3.56. The van der Waals surface area contributed by atoms with Gasteiger partial charge in [-0.3, -0.25) is 4.79 Å². The van der Waals surface area contributed by atoms with E-state index in [1.807, 2.05) is 0 Å². The van der Waals surface area contributed by atoms with E-state index in [1.54, 1.807) is 24.3 Å². The Morgan fingerprint density at radius 1 is 1.29 bits per heavy atom. The van der Waals surface area contributed by atoms with Crippen LogP contribution in [0.2, 0.25) is 0 Å². The van der Waals surface area contributed by atoms with Gasteiger partial charge in [0, 0.05) is 11.9 Å². The van der Waals surface area contributed by atoms with Gasteiger partial charge >= 0.3 is 5.63 Å². The fourth-order valence-corrected chi connectivity index (χ4v) is 2.34. The van der Waals surface area contributed by atoms with Crippen molar-refractivity contribution in [3.05, 3.63) is 46.3 Å². The van der Waals surface area contributed by atoms with Crippen LogP contribution in [0, 0.1) is 0 Å². The Morgan fingerprint density at radius 3 is 2.71 bits per heavy atom. The standard InChI is InChI=1S/C13H14N2O5S/c14-21(18,19)7-3-6-15-12(16)10-8-9-4-1-2-5-11(9)20-13(10)17/h1-2,4-5,8H,3,6-7H2,(H,15,16)(H2,14,18,19). The number of carbonyl (C=O) groups is 1. The molecule has 7 nitrogen and oxygen atoms in total. The molecule has 0 atom stereocenters. The van der Waals surface area contributed by atoms with Crippen molar-refractivity contribution in [3.8, 4) is 0 Å². The van der Waals surface area contributed by atoms with Gasteiger partial charge in [-0.05, 0) is 18.6 Å². The highest BCUT2D eigenvalue weighted by Crippen LogP contribution is 2.12. The first kappa shape index (κ1) is 15.2.